The van der Waals surface area contributed by atoms with E-state index < -0.39 is 28.5 Å². The molecule has 45 heavy (non-hydrogen) atoms. The number of halogens is 2. The van der Waals surface area contributed by atoms with Crippen LogP contribution in [0, 0.1) is 0 Å². The number of rotatable bonds is 12. The van der Waals surface area contributed by atoms with Crippen LogP contribution in [0.25, 0.3) is 0 Å². The molecule has 1 saturated carbocycles. The number of hydrogen-bond donors (Lipinski definition) is 1. The van der Waals surface area contributed by atoms with Crippen molar-refractivity contribution < 1.29 is 18.0 Å². The van der Waals surface area contributed by atoms with Crippen LogP contribution in [0.2, 0.25) is 10.0 Å². The van der Waals surface area contributed by atoms with Gasteiger partial charge in [-0.25, -0.2) is 8.42 Å². The molecule has 1 aliphatic carbocycles. The Labute approximate surface area is 274 Å². The van der Waals surface area contributed by atoms with Crippen molar-refractivity contribution in [2.24, 2.45) is 0 Å². The molecule has 0 bridgehead atoms. The van der Waals surface area contributed by atoms with Crippen LogP contribution in [0.3, 0.4) is 0 Å². The number of carbonyl (C=O) groups excluding carboxylic acids is 2. The Balaban J connectivity index is 1.57. The van der Waals surface area contributed by atoms with Crippen LogP contribution >= 0.6 is 23.2 Å². The van der Waals surface area contributed by atoms with E-state index in [0.717, 1.165) is 35.6 Å². The van der Waals surface area contributed by atoms with Crippen LogP contribution in [0.1, 0.15) is 36.8 Å². The van der Waals surface area contributed by atoms with Gasteiger partial charge in [0.15, 0.2) is 0 Å². The fourth-order valence-corrected chi connectivity index (χ4v) is 7.60. The first-order valence-corrected chi connectivity index (χ1v) is 17.1. The number of nitrogens with one attached hydrogen (secondary N) is 1. The molecule has 5 rings (SSSR count). The lowest BCUT2D eigenvalue weighted by Gasteiger charge is -2.34. The van der Waals surface area contributed by atoms with Crippen molar-refractivity contribution >= 4 is 50.7 Å². The van der Waals surface area contributed by atoms with Gasteiger partial charge < -0.3 is 10.2 Å². The second-order valence-corrected chi connectivity index (χ2v) is 13.8. The van der Waals surface area contributed by atoms with Crippen molar-refractivity contribution in [1.29, 1.82) is 0 Å². The van der Waals surface area contributed by atoms with Gasteiger partial charge in [-0.3, -0.25) is 13.9 Å². The minimum atomic E-state index is -4.23. The van der Waals surface area contributed by atoms with Gasteiger partial charge >= 0.3 is 0 Å². The van der Waals surface area contributed by atoms with E-state index in [2.05, 4.69) is 5.32 Å². The second-order valence-electron chi connectivity index (χ2n) is 11.1. The first kappa shape index (κ1) is 32.5. The van der Waals surface area contributed by atoms with Crippen molar-refractivity contribution in [3.05, 3.63) is 130 Å². The molecule has 2 amide bonds. The van der Waals surface area contributed by atoms with Gasteiger partial charge in [-0.1, -0.05) is 109 Å². The monoisotopic (exact) mass is 663 g/mol. The summed E-state index contributed by atoms with van der Waals surface area (Å²) >= 11 is 12.8. The van der Waals surface area contributed by atoms with Crippen LogP contribution in [0.5, 0.6) is 0 Å². The summed E-state index contributed by atoms with van der Waals surface area (Å²) in [4.78, 5) is 30.1. The van der Waals surface area contributed by atoms with Gasteiger partial charge in [0.05, 0.1) is 15.6 Å². The zero-order valence-corrected chi connectivity index (χ0v) is 27.0. The van der Waals surface area contributed by atoms with Crippen LogP contribution in [0.15, 0.2) is 114 Å². The highest BCUT2D eigenvalue weighted by Gasteiger charge is 2.36. The minimum absolute atomic E-state index is 0.0129. The Morgan fingerprint density at radius 3 is 2.09 bits per heavy atom. The van der Waals surface area contributed by atoms with Gasteiger partial charge in [0.25, 0.3) is 10.0 Å². The van der Waals surface area contributed by atoms with E-state index in [1.165, 1.54) is 17.0 Å². The van der Waals surface area contributed by atoms with Gasteiger partial charge in [0.1, 0.15) is 12.6 Å². The molecule has 0 heterocycles. The predicted octanol–water partition coefficient (Wildman–Crippen LogP) is 6.89. The van der Waals surface area contributed by atoms with Crippen molar-refractivity contribution in [3.63, 3.8) is 0 Å². The molecule has 0 radical (unpaired) electrons. The summed E-state index contributed by atoms with van der Waals surface area (Å²) in [5.74, 6) is -0.840. The average molecular weight is 665 g/mol. The van der Waals surface area contributed by atoms with Gasteiger partial charge in [0, 0.05) is 24.0 Å². The normalized spacial score (nSPS) is 14.1. The van der Waals surface area contributed by atoms with E-state index in [-0.39, 0.29) is 40.5 Å². The Hall–Kier alpha value is -3.85. The first-order chi connectivity index (χ1) is 21.7. The number of nitrogens with zero attached hydrogens (tertiary/aromatic N) is 2. The molecule has 0 saturated heterocycles. The molecular formula is C35H35Cl2N3O4S. The molecule has 10 heteroatoms. The van der Waals surface area contributed by atoms with Crippen LogP contribution in [0.4, 0.5) is 5.69 Å². The van der Waals surface area contributed by atoms with E-state index in [9.17, 15) is 18.0 Å². The highest BCUT2D eigenvalue weighted by Crippen LogP contribution is 2.31. The van der Waals surface area contributed by atoms with E-state index in [1.807, 2.05) is 36.4 Å². The Kier molecular flexibility index (Phi) is 10.8. The van der Waals surface area contributed by atoms with Crippen LogP contribution in [-0.4, -0.2) is 43.8 Å². The molecule has 0 unspecified atom stereocenters. The molecule has 0 aromatic heterocycles. The van der Waals surface area contributed by atoms with Gasteiger partial charge in [-0.05, 0) is 60.4 Å². The van der Waals surface area contributed by atoms with E-state index >= 15 is 0 Å². The van der Waals surface area contributed by atoms with Crippen LogP contribution in [-0.2, 0) is 32.6 Å². The summed E-state index contributed by atoms with van der Waals surface area (Å²) in [6, 6.07) is 30.0. The van der Waals surface area contributed by atoms with E-state index in [0.29, 0.717) is 10.6 Å². The summed E-state index contributed by atoms with van der Waals surface area (Å²) in [5, 5.41) is 3.83. The maximum absolute atomic E-state index is 14.5. The first-order valence-electron chi connectivity index (χ1n) is 14.9. The lowest BCUT2D eigenvalue weighted by Crippen LogP contribution is -2.54. The SMILES string of the molecule is O=C(NC1CCCC1)[C@@H](Cc1ccccc1)N(Cc1cccc(Cl)c1)C(=O)CN(c1ccccc1Cl)S(=O)(=O)c1ccccc1. The number of sulfonamides is 1. The largest absolute Gasteiger partial charge is 0.352 e. The zero-order chi connectivity index (χ0) is 31.8. The quantitative estimate of drug-likeness (QED) is 0.179. The summed E-state index contributed by atoms with van der Waals surface area (Å²) in [5.41, 5.74) is 1.74. The Morgan fingerprint density at radius 2 is 1.42 bits per heavy atom. The summed E-state index contributed by atoms with van der Waals surface area (Å²) in [6.45, 7) is -0.541. The predicted molar refractivity (Wildman–Crippen MR) is 179 cm³/mol. The van der Waals surface area contributed by atoms with Crippen LogP contribution < -0.4 is 9.62 Å². The number of anilines is 1. The lowest BCUT2D eigenvalue weighted by molar-refractivity contribution is -0.140. The number of carbonyl (C=O) groups is 2. The van der Waals surface area contributed by atoms with Gasteiger partial charge in [-0.2, -0.15) is 0 Å². The third kappa shape index (κ3) is 8.25. The van der Waals surface area contributed by atoms with Gasteiger partial charge in [0.2, 0.25) is 11.8 Å². The van der Waals surface area contributed by atoms with E-state index in [4.69, 9.17) is 23.2 Å². The minimum Gasteiger partial charge on any atom is -0.352 e. The fraction of sp³-hybridized carbons (Fsp3) is 0.257. The van der Waals surface area contributed by atoms with Crippen molar-refractivity contribution in [1.82, 2.24) is 10.2 Å². The zero-order valence-electron chi connectivity index (χ0n) is 24.7. The number of para-hydroxylation sites is 1. The maximum Gasteiger partial charge on any atom is 0.264 e. The highest BCUT2D eigenvalue weighted by molar-refractivity contribution is 7.92. The molecule has 1 N–H and O–H groups in total. The third-order valence-electron chi connectivity index (χ3n) is 7.95. The number of hydrogen-bond acceptors (Lipinski definition) is 4. The molecule has 1 fully saturated rings. The third-order valence-corrected chi connectivity index (χ3v) is 10.3. The topological polar surface area (TPSA) is 86.8 Å². The molecule has 0 spiro atoms. The fourth-order valence-electron chi connectivity index (χ4n) is 5.64. The molecular weight excluding hydrogens is 629 g/mol. The van der Waals surface area contributed by atoms with Crippen molar-refractivity contribution in [3.8, 4) is 0 Å². The molecule has 7 nitrogen and oxygen atoms in total. The molecule has 4 aromatic carbocycles. The Bertz CT molecular complexity index is 1720. The average Bonchev–Trinajstić information content (AvgIpc) is 3.56. The van der Waals surface area contributed by atoms with E-state index in [1.54, 1.807) is 60.7 Å². The van der Waals surface area contributed by atoms with Crippen molar-refractivity contribution in [2.75, 3.05) is 10.8 Å². The molecule has 1 atom stereocenters. The number of benzene rings is 4. The summed E-state index contributed by atoms with van der Waals surface area (Å²) in [7, 11) is -4.23. The smallest absolute Gasteiger partial charge is 0.264 e. The van der Waals surface area contributed by atoms with Gasteiger partial charge in [-0.15, -0.1) is 0 Å². The highest BCUT2D eigenvalue weighted by atomic mass is 35.5. The summed E-state index contributed by atoms with van der Waals surface area (Å²) < 4.78 is 29.2. The number of amides is 2. The lowest BCUT2D eigenvalue weighted by atomic mass is 10.0. The summed E-state index contributed by atoms with van der Waals surface area (Å²) in [6.07, 6.45) is 4.06. The standard InChI is InChI=1S/C35H35Cl2N3O4S/c36-28-15-11-14-27(22-28)24-39(33(23-26-12-3-1-4-13-26)35(42)38-29-16-7-8-17-29)34(41)25-40(32-21-10-9-20-31(32)37)45(43,44)30-18-5-2-6-19-30/h1-6,9-15,18-22,29,33H,7-8,16-17,23-25H2,(H,38,42)/t33-/m1/s1. The van der Waals surface area contributed by atoms with Crippen molar-refractivity contribution in [2.45, 2.75) is 55.6 Å². The second kappa shape index (κ2) is 15.0. The molecule has 0 aliphatic heterocycles. The molecule has 4 aromatic rings. The molecule has 1 aliphatic rings. The Morgan fingerprint density at radius 1 is 0.800 bits per heavy atom. The molecule has 234 valence electrons. The maximum atomic E-state index is 14.5.